The van der Waals surface area contributed by atoms with Crippen molar-refractivity contribution in [3.8, 4) is 0 Å². The number of anilines is 1. The van der Waals surface area contributed by atoms with Crippen LogP contribution >= 0.6 is 0 Å². The van der Waals surface area contributed by atoms with Crippen LogP contribution in [0.5, 0.6) is 0 Å². The SMILES string of the molecule is Cc1ccc(N2CCCC2CNC(C)(C)C)nc1. The molecule has 0 saturated carbocycles. The Kier molecular flexibility index (Phi) is 3.91. The smallest absolute Gasteiger partial charge is 0.128 e. The third-order valence-electron chi connectivity index (χ3n) is 3.44. The van der Waals surface area contributed by atoms with Crippen LogP contribution in [0.15, 0.2) is 18.3 Å². The Morgan fingerprint density at radius 1 is 1.39 bits per heavy atom. The van der Waals surface area contributed by atoms with Crippen LogP contribution in [0, 0.1) is 6.92 Å². The number of rotatable bonds is 3. The number of pyridine rings is 1. The van der Waals surface area contributed by atoms with Gasteiger partial charge in [0.2, 0.25) is 0 Å². The molecular weight excluding hydrogens is 222 g/mol. The van der Waals surface area contributed by atoms with Crippen molar-refractivity contribution in [1.82, 2.24) is 10.3 Å². The Morgan fingerprint density at radius 2 is 2.17 bits per heavy atom. The lowest BCUT2D eigenvalue weighted by molar-refractivity contribution is 0.404. The molecule has 1 N–H and O–H groups in total. The molecule has 3 heteroatoms. The maximum absolute atomic E-state index is 4.55. The molecule has 0 radical (unpaired) electrons. The zero-order valence-corrected chi connectivity index (χ0v) is 12.0. The van der Waals surface area contributed by atoms with Gasteiger partial charge in [-0.3, -0.25) is 0 Å². The van der Waals surface area contributed by atoms with Gasteiger partial charge in [0.15, 0.2) is 0 Å². The molecule has 0 amide bonds. The van der Waals surface area contributed by atoms with E-state index in [0.717, 1.165) is 18.9 Å². The predicted octanol–water partition coefficient (Wildman–Crippen LogP) is 2.75. The van der Waals surface area contributed by atoms with Crippen LogP contribution in [0.2, 0.25) is 0 Å². The zero-order chi connectivity index (χ0) is 13.2. The summed E-state index contributed by atoms with van der Waals surface area (Å²) in [5.41, 5.74) is 1.41. The molecule has 0 bridgehead atoms. The molecule has 1 aliphatic heterocycles. The second-order valence-corrected chi connectivity index (χ2v) is 6.31. The largest absolute Gasteiger partial charge is 0.352 e. The summed E-state index contributed by atoms with van der Waals surface area (Å²) >= 11 is 0. The molecule has 1 fully saturated rings. The van der Waals surface area contributed by atoms with E-state index in [1.165, 1.54) is 18.4 Å². The fraction of sp³-hybridized carbons (Fsp3) is 0.667. The molecule has 2 heterocycles. The highest BCUT2D eigenvalue weighted by molar-refractivity contribution is 5.41. The zero-order valence-electron chi connectivity index (χ0n) is 12.0. The number of aromatic nitrogens is 1. The molecule has 0 aliphatic carbocycles. The molecule has 1 aliphatic rings. The Balaban J connectivity index is 2.01. The van der Waals surface area contributed by atoms with Crippen molar-refractivity contribution < 1.29 is 0 Å². The van der Waals surface area contributed by atoms with Crippen molar-refractivity contribution in [2.75, 3.05) is 18.0 Å². The summed E-state index contributed by atoms with van der Waals surface area (Å²) in [5.74, 6) is 1.12. The quantitative estimate of drug-likeness (QED) is 0.890. The van der Waals surface area contributed by atoms with Gasteiger partial charge in [0.1, 0.15) is 5.82 Å². The van der Waals surface area contributed by atoms with Crippen LogP contribution in [-0.4, -0.2) is 29.7 Å². The minimum atomic E-state index is 0.189. The van der Waals surface area contributed by atoms with Crippen molar-refractivity contribution in [3.63, 3.8) is 0 Å². The summed E-state index contributed by atoms with van der Waals surface area (Å²) in [4.78, 5) is 7.00. The number of hydrogen-bond donors (Lipinski definition) is 1. The first-order valence-electron chi connectivity index (χ1n) is 6.90. The maximum atomic E-state index is 4.55. The van der Waals surface area contributed by atoms with E-state index in [4.69, 9.17) is 0 Å². The van der Waals surface area contributed by atoms with Gasteiger partial charge in [-0.1, -0.05) is 6.07 Å². The molecule has 1 atom stereocenters. The number of nitrogens with zero attached hydrogens (tertiary/aromatic N) is 2. The molecule has 1 aromatic rings. The average Bonchev–Trinajstić information content (AvgIpc) is 2.75. The maximum Gasteiger partial charge on any atom is 0.128 e. The van der Waals surface area contributed by atoms with Gasteiger partial charge in [-0.15, -0.1) is 0 Å². The Bertz CT molecular complexity index is 378. The van der Waals surface area contributed by atoms with E-state index in [1.807, 2.05) is 6.20 Å². The van der Waals surface area contributed by atoms with Crippen molar-refractivity contribution in [3.05, 3.63) is 23.9 Å². The highest BCUT2D eigenvalue weighted by Gasteiger charge is 2.26. The monoisotopic (exact) mass is 247 g/mol. The molecule has 2 rings (SSSR count). The lowest BCUT2D eigenvalue weighted by Gasteiger charge is -2.29. The van der Waals surface area contributed by atoms with Gasteiger partial charge in [-0.05, 0) is 52.2 Å². The van der Waals surface area contributed by atoms with Crippen LogP contribution in [-0.2, 0) is 0 Å². The van der Waals surface area contributed by atoms with E-state index in [2.05, 4.69) is 55.0 Å². The van der Waals surface area contributed by atoms with Gasteiger partial charge in [-0.25, -0.2) is 4.98 Å². The summed E-state index contributed by atoms with van der Waals surface area (Å²) < 4.78 is 0. The van der Waals surface area contributed by atoms with Crippen LogP contribution in [0.3, 0.4) is 0 Å². The summed E-state index contributed by atoms with van der Waals surface area (Å²) in [6.07, 6.45) is 4.49. The molecular formula is C15H25N3. The standard InChI is InChI=1S/C15H25N3/c1-12-7-8-14(16-10-12)18-9-5-6-13(18)11-17-15(2,3)4/h7-8,10,13,17H,5-6,9,11H2,1-4H3. The molecule has 1 unspecified atom stereocenters. The van der Waals surface area contributed by atoms with Gasteiger partial charge in [0.25, 0.3) is 0 Å². The molecule has 100 valence electrons. The normalized spacial score (nSPS) is 20.4. The molecule has 1 aromatic heterocycles. The van der Waals surface area contributed by atoms with Crippen LogP contribution in [0.1, 0.15) is 39.2 Å². The van der Waals surface area contributed by atoms with E-state index in [-0.39, 0.29) is 5.54 Å². The molecule has 1 saturated heterocycles. The van der Waals surface area contributed by atoms with Gasteiger partial charge < -0.3 is 10.2 Å². The summed E-state index contributed by atoms with van der Waals surface area (Å²) in [6, 6.07) is 4.87. The van der Waals surface area contributed by atoms with Crippen LogP contribution in [0.25, 0.3) is 0 Å². The van der Waals surface area contributed by atoms with Gasteiger partial charge >= 0.3 is 0 Å². The number of hydrogen-bond acceptors (Lipinski definition) is 3. The van der Waals surface area contributed by atoms with E-state index < -0.39 is 0 Å². The van der Waals surface area contributed by atoms with Gasteiger partial charge in [0.05, 0.1) is 0 Å². The average molecular weight is 247 g/mol. The minimum Gasteiger partial charge on any atom is -0.352 e. The van der Waals surface area contributed by atoms with Crippen LogP contribution < -0.4 is 10.2 Å². The van der Waals surface area contributed by atoms with Crippen molar-refractivity contribution >= 4 is 5.82 Å². The first kappa shape index (κ1) is 13.3. The summed E-state index contributed by atoms with van der Waals surface area (Å²) in [6.45, 7) is 10.9. The molecule has 0 spiro atoms. The fourth-order valence-corrected chi connectivity index (χ4v) is 2.40. The number of nitrogens with one attached hydrogen (secondary N) is 1. The van der Waals surface area contributed by atoms with Crippen molar-refractivity contribution in [2.45, 2.75) is 52.1 Å². The minimum absolute atomic E-state index is 0.189. The third kappa shape index (κ3) is 3.45. The lowest BCUT2D eigenvalue weighted by Crippen LogP contribution is -2.45. The molecule has 18 heavy (non-hydrogen) atoms. The van der Waals surface area contributed by atoms with E-state index in [1.54, 1.807) is 0 Å². The van der Waals surface area contributed by atoms with E-state index >= 15 is 0 Å². The number of aryl methyl sites for hydroxylation is 1. The van der Waals surface area contributed by atoms with E-state index in [0.29, 0.717) is 6.04 Å². The van der Waals surface area contributed by atoms with Crippen molar-refractivity contribution in [2.24, 2.45) is 0 Å². The lowest BCUT2D eigenvalue weighted by atomic mass is 10.1. The van der Waals surface area contributed by atoms with Crippen molar-refractivity contribution in [1.29, 1.82) is 0 Å². The Morgan fingerprint density at radius 3 is 2.78 bits per heavy atom. The second kappa shape index (κ2) is 5.27. The Hall–Kier alpha value is -1.09. The van der Waals surface area contributed by atoms with Gasteiger partial charge in [-0.2, -0.15) is 0 Å². The topological polar surface area (TPSA) is 28.2 Å². The van der Waals surface area contributed by atoms with E-state index in [9.17, 15) is 0 Å². The molecule has 3 nitrogen and oxygen atoms in total. The predicted molar refractivity (Wildman–Crippen MR) is 77.1 cm³/mol. The Labute approximate surface area is 111 Å². The highest BCUT2D eigenvalue weighted by atomic mass is 15.2. The van der Waals surface area contributed by atoms with Crippen LogP contribution in [0.4, 0.5) is 5.82 Å². The first-order chi connectivity index (χ1) is 8.46. The third-order valence-corrected chi connectivity index (χ3v) is 3.44. The molecule has 0 aromatic carbocycles. The van der Waals surface area contributed by atoms with Gasteiger partial charge in [0, 0.05) is 30.9 Å². The summed E-state index contributed by atoms with van der Waals surface area (Å²) in [7, 11) is 0. The summed E-state index contributed by atoms with van der Waals surface area (Å²) in [5, 5.41) is 3.61. The first-order valence-corrected chi connectivity index (χ1v) is 6.90. The second-order valence-electron chi connectivity index (χ2n) is 6.31. The fourth-order valence-electron chi connectivity index (χ4n) is 2.40. The highest BCUT2D eigenvalue weighted by Crippen LogP contribution is 2.23.